The van der Waals surface area contributed by atoms with Gasteiger partial charge >= 0.3 is 0 Å². The van der Waals surface area contributed by atoms with Gasteiger partial charge in [-0.05, 0) is 53.6 Å². The molecule has 0 spiro atoms. The molecule has 1 atom stereocenters. The van der Waals surface area contributed by atoms with Crippen LogP contribution in [-0.2, 0) is 0 Å². The highest BCUT2D eigenvalue weighted by Crippen LogP contribution is 2.44. The van der Waals surface area contributed by atoms with Gasteiger partial charge in [0, 0.05) is 5.02 Å². The minimum absolute atomic E-state index is 0.0461. The van der Waals surface area contributed by atoms with Crippen LogP contribution in [0.25, 0.3) is 10.2 Å². The number of hydrogen-bond acceptors (Lipinski definition) is 5. The summed E-state index contributed by atoms with van der Waals surface area (Å²) in [5.74, 6) is -0.591. The Hall–Kier alpha value is -3.45. The van der Waals surface area contributed by atoms with Crippen molar-refractivity contribution in [3.63, 3.8) is 0 Å². The molecule has 0 bridgehead atoms. The number of carbonyl (C=O) groups is 2. The molecule has 0 N–H and O–H groups in total. The molecular formula is C28H17ClN2O2S2. The lowest BCUT2D eigenvalue weighted by molar-refractivity contribution is 0.0926. The SMILES string of the molecule is O=C1c2ccccc2C(=O)N1c1ccc2nc(S[C@H](c3ccccc3)c3ccc(Cl)cc3)sc2c1. The molecule has 6 rings (SSSR count). The van der Waals surface area contributed by atoms with Crippen molar-refractivity contribution in [3.05, 3.63) is 124 Å². The van der Waals surface area contributed by atoms with Crippen molar-refractivity contribution in [2.45, 2.75) is 9.59 Å². The van der Waals surface area contributed by atoms with E-state index in [2.05, 4.69) is 12.1 Å². The van der Waals surface area contributed by atoms with Crippen molar-refractivity contribution in [3.8, 4) is 0 Å². The second kappa shape index (κ2) is 8.96. The van der Waals surface area contributed by atoms with Gasteiger partial charge in [-0.3, -0.25) is 9.59 Å². The molecular weight excluding hydrogens is 496 g/mol. The van der Waals surface area contributed by atoms with Crippen LogP contribution >= 0.6 is 34.7 Å². The summed E-state index contributed by atoms with van der Waals surface area (Å²) in [6.45, 7) is 0. The molecule has 7 heteroatoms. The Kier molecular flexibility index (Phi) is 5.65. The number of benzene rings is 4. The third-order valence-corrected chi connectivity index (χ3v) is 8.57. The maximum atomic E-state index is 12.9. The lowest BCUT2D eigenvalue weighted by atomic mass is 10.0. The van der Waals surface area contributed by atoms with Crippen LogP contribution in [0.15, 0.2) is 101 Å². The van der Waals surface area contributed by atoms with E-state index in [1.807, 2.05) is 54.6 Å². The maximum Gasteiger partial charge on any atom is 0.266 e. The first-order chi connectivity index (χ1) is 17.1. The maximum absolute atomic E-state index is 12.9. The fourth-order valence-electron chi connectivity index (χ4n) is 4.20. The first-order valence-electron chi connectivity index (χ1n) is 10.9. The number of carbonyl (C=O) groups excluding carboxylic acids is 2. The summed E-state index contributed by atoms with van der Waals surface area (Å²) < 4.78 is 1.83. The minimum atomic E-state index is -0.295. The van der Waals surface area contributed by atoms with Crippen LogP contribution in [-0.4, -0.2) is 16.8 Å². The van der Waals surface area contributed by atoms with Gasteiger partial charge in [0.15, 0.2) is 4.34 Å². The summed E-state index contributed by atoms with van der Waals surface area (Å²) in [5.41, 5.74) is 4.57. The van der Waals surface area contributed by atoms with Crippen molar-refractivity contribution in [2.24, 2.45) is 0 Å². The Morgan fingerprint density at radius 2 is 1.40 bits per heavy atom. The standard InChI is InChI=1S/C28H17ClN2O2S2/c29-19-12-10-18(11-13-19)25(17-6-2-1-3-7-17)35-28-30-23-15-14-20(16-24(23)34-28)31-26(32)21-8-4-5-9-22(21)27(31)33/h1-16,25H/t25-/m1/s1. The molecule has 1 aliphatic heterocycles. The molecule has 35 heavy (non-hydrogen) atoms. The zero-order valence-electron chi connectivity index (χ0n) is 18.2. The number of thiazole rings is 1. The average molecular weight is 513 g/mol. The summed E-state index contributed by atoms with van der Waals surface area (Å²) in [5, 5.41) is 0.746. The van der Waals surface area contributed by atoms with E-state index in [9.17, 15) is 9.59 Å². The number of rotatable bonds is 5. The van der Waals surface area contributed by atoms with Crippen LogP contribution in [0.3, 0.4) is 0 Å². The van der Waals surface area contributed by atoms with E-state index in [1.54, 1.807) is 53.4 Å². The molecule has 4 nitrogen and oxygen atoms in total. The Labute approximate surface area is 215 Å². The fourth-order valence-corrected chi connectivity index (χ4v) is 6.75. The van der Waals surface area contributed by atoms with Crippen LogP contribution in [0, 0.1) is 0 Å². The van der Waals surface area contributed by atoms with E-state index in [0.717, 1.165) is 20.1 Å². The number of aromatic nitrogens is 1. The number of fused-ring (bicyclic) bond motifs is 2. The highest BCUT2D eigenvalue weighted by Gasteiger charge is 2.36. The van der Waals surface area contributed by atoms with Crippen molar-refractivity contribution in [1.29, 1.82) is 0 Å². The van der Waals surface area contributed by atoms with Crippen molar-refractivity contribution in [2.75, 3.05) is 4.90 Å². The third-order valence-electron chi connectivity index (χ3n) is 5.90. The van der Waals surface area contributed by atoms with Gasteiger partial charge in [-0.2, -0.15) is 0 Å². The molecule has 2 heterocycles. The highest BCUT2D eigenvalue weighted by molar-refractivity contribution is 8.01. The molecule has 1 aromatic heterocycles. The predicted molar refractivity (Wildman–Crippen MR) is 143 cm³/mol. The van der Waals surface area contributed by atoms with Gasteiger partial charge in [-0.25, -0.2) is 9.88 Å². The van der Waals surface area contributed by atoms with E-state index in [0.29, 0.717) is 21.8 Å². The van der Waals surface area contributed by atoms with Gasteiger partial charge in [0.05, 0.1) is 32.3 Å². The summed E-state index contributed by atoms with van der Waals surface area (Å²) in [7, 11) is 0. The van der Waals surface area contributed by atoms with Gasteiger partial charge in [0.1, 0.15) is 0 Å². The van der Waals surface area contributed by atoms with Gasteiger partial charge in [-0.15, -0.1) is 11.3 Å². The molecule has 0 saturated heterocycles. The summed E-state index contributed by atoms with van der Waals surface area (Å²) in [4.78, 5) is 31.9. The van der Waals surface area contributed by atoms with Gasteiger partial charge < -0.3 is 0 Å². The van der Waals surface area contributed by atoms with Crippen LogP contribution in [0.4, 0.5) is 5.69 Å². The fraction of sp³-hybridized carbons (Fsp3) is 0.0357. The van der Waals surface area contributed by atoms with Crippen molar-refractivity contribution >= 4 is 62.4 Å². The molecule has 2 amide bonds. The van der Waals surface area contributed by atoms with Crippen molar-refractivity contribution in [1.82, 2.24) is 4.98 Å². The lowest BCUT2D eigenvalue weighted by Crippen LogP contribution is -2.29. The normalized spacial score (nSPS) is 13.9. The van der Waals surface area contributed by atoms with Crippen molar-refractivity contribution < 1.29 is 9.59 Å². The molecule has 0 radical (unpaired) electrons. The molecule has 0 saturated carbocycles. The molecule has 5 aromatic rings. The van der Waals surface area contributed by atoms with Gasteiger partial charge in [0.2, 0.25) is 0 Å². The topological polar surface area (TPSA) is 50.3 Å². The third kappa shape index (κ3) is 4.04. The largest absolute Gasteiger partial charge is 0.268 e. The van der Waals surface area contributed by atoms with Crippen LogP contribution in [0.5, 0.6) is 0 Å². The number of imide groups is 1. The molecule has 4 aromatic carbocycles. The first-order valence-corrected chi connectivity index (χ1v) is 13.0. The zero-order chi connectivity index (χ0) is 23.9. The lowest BCUT2D eigenvalue weighted by Gasteiger charge is -2.16. The molecule has 0 fully saturated rings. The van der Waals surface area contributed by atoms with Gasteiger partial charge in [0.25, 0.3) is 11.8 Å². The Balaban J connectivity index is 1.34. The van der Waals surface area contributed by atoms with Crippen LogP contribution < -0.4 is 4.90 Å². The number of nitrogens with zero attached hydrogens (tertiary/aromatic N) is 2. The van der Waals surface area contributed by atoms with E-state index in [1.165, 1.54) is 10.5 Å². The smallest absolute Gasteiger partial charge is 0.266 e. The van der Waals surface area contributed by atoms with Gasteiger partial charge in [-0.1, -0.05) is 78.0 Å². The Morgan fingerprint density at radius 1 is 0.771 bits per heavy atom. The zero-order valence-corrected chi connectivity index (χ0v) is 20.6. The molecule has 170 valence electrons. The quantitative estimate of drug-likeness (QED) is 0.179. The number of amides is 2. The van der Waals surface area contributed by atoms with E-state index in [4.69, 9.17) is 16.6 Å². The van der Waals surface area contributed by atoms with Crippen LogP contribution in [0.1, 0.15) is 37.1 Å². The predicted octanol–water partition coefficient (Wildman–Crippen LogP) is 7.63. The molecule has 1 aliphatic rings. The second-order valence-electron chi connectivity index (χ2n) is 8.08. The van der Waals surface area contributed by atoms with Crippen LogP contribution in [0.2, 0.25) is 5.02 Å². The van der Waals surface area contributed by atoms with E-state index < -0.39 is 0 Å². The number of thioether (sulfide) groups is 1. The number of hydrogen-bond donors (Lipinski definition) is 0. The van der Waals surface area contributed by atoms with E-state index in [-0.39, 0.29) is 17.1 Å². The first kappa shape index (κ1) is 22.0. The second-order valence-corrected chi connectivity index (χ2v) is 10.9. The number of anilines is 1. The monoisotopic (exact) mass is 512 g/mol. The Morgan fingerprint density at radius 3 is 2.09 bits per heavy atom. The molecule has 0 unspecified atom stereocenters. The summed E-state index contributed by atoms with van der Waals surface area (Å²) in [6.07, 6.45) is 0. The number of halogens is 1. The average Bonchev–Trinajstić information content (AvgIpc) is 3.41. The van der Waals surface area contributed by atoms with E-state index >= 15 is 0 Å². The summed E-state index contributed by atoms with van der Waals surface area (Å²) in [6, 6.07) is 30.6. The molecule has 0 aliphatic carbocycles. The highest BCUT2D eigenvalue weighted by atomic mass is 35.5. The Bertz CT molecular complexity index is 1550. The summed E-state index contributed by atoms with van der Waals surface area (Å²) >= 11 is 9.35. The minimum Gasteiger partial charge on any atom is -0.268 e.